The highest BCUT2D eigenvalue weighted by atomic mass is 32.1. The summed E-state index contributed by atoms with van der Waals surface area (Å²) in [5.74, 6) is -11.0. The number of likely N-dealkylation sites (tertiary alicyclic amines) is 2. The summed E-state index contributed by atoms with van der Waals surface area (Å²) >= 11 is 1.77. The van der Waals surface area contributed by atoms with Gasteiger partial charge in [0.25, 0.3) is 0 Å². The third-order valence-electron chi connectivity index (χ3n) is 5.91. The number of hydrogen-bond donors (Lipinski definition) is 4. The molecule has 2 fully saturated rings. The molecule has 2 aromatic rings. The predicted molar refractivity (Wildman–Crippen MR) is 143 cm³/mol. The summed E-state index contributed by atoms with van der Waals surface area (Å²) in [6, 6.07) is 7.75. The van der Waals surface area contributed by atoms with Crippen LogP contribution < -0.4 is 0 Å². The van der Waals surface area contributed by atoms with Crippen molar-refractivity contribution >= 4 is 35.2 Å². The lowest BCUT2D eigenvalue weighted by atomic mass is 10.1. The number of carboxylic acids is 4. The van der Waals surface area contributed by atoms with Crippen molar-refractivity contribution < 1.29 is 92.3 Å². The van der Waals surface area contributed by atoms with Crippen LogP contribution in [-0.4, -0.2) is 114 Å². The number of pyridine rings is 1. The number of halogens is 12. The van der Waals surface area contributed by atoms with Crippen LogP contribution in [0.3, 0.4) is 0 Å². The number of aromatic nitrogens is 2. The Labute approximate surface area is 276 Å². The topological polar surface area (TPSA) is 181 Å². The van der Waals surface area contributed by atoms with Crippen molar-refractivity contribution in [2.75, 3.05) is 13.1 Å². The van der Waals surface area contributed by atoms with E-state index >= 15 is 0 Å². The van der Waals surface area contributed by atoms with Gasteiger partial charge in [0.05, 0.1) is 12.2 Å². The molecule has 0 unspecified atom stereocenters. The number of alkyl halides is 12. The smallest absolute Gasteiger partial charge is 0.475 e. The van der Waals surface area contributed by atoms with Gasteiger partial charge < -0.3 is 20.4 Å². The molecule has 12 nitrogen and oxygen atoms in total. The van der Waals surface area contributed by atoms with Crippen LogP contribution >= 0.6 is 11.3 Å². The number of nitrogens with zero attached hydrogens (tertiary/aromatic N) is 4. The second-order valence-electron chi connectivity index (χ2n) is 9.56. The molecule has 4 rings (SSSR count). The molecule has 0 bridgehead atoms. The summed E-state index contributed by atoms with van der Waals surface area (Å²) in [6.07, 6.45) is -15.9. The molecule has 2 saturated heterocycles. The van der Waals surface area contributed by atoms with E-state index in [4.69, 9.17) is 39.6 Å². The minimum atomic E-state index is -5.08. The maximum absolute atomic E-state index is 10.6. The number of aryl methyl sites for hydroxylation is 1. The first-order valence-electron chi connectivity index (χ1n) is 13.1. The molecule has 0 saturated carbocycles. The van der Waals surface area contributed by atoms with E-state index in [9.17, 15) is 52.7 Å². The third kappa shape index (κ3) is 17.9. The number of rotatable bonds is 4. The van der Waals surface area contributed by atoms with Gasteiger partial charge in [0.15, 0.2) is 0 Å². The maximum atomic E-state index is 10.6. The molecule has 2 aromatic heterocycles. The molecule has 284 valence electrons. The number of aliphatic carboxylic acids is 4. The van der Waals surface area contributed by atoms with Crippen molar-refractivity contribution in [2.45, 2.75) is 69.6 Å². The standard InChI is InChI=1S/C17H22N4S.4C2HF3O2/c1-13-3-2-4-14(19-13)11-20-8-5-16-15(20)6-9-21(16)12-17-18-7-10-22-17;4*3-2(4,5)1(6)7/h2-4,7,10,15-16H,5-6,8-9,11-12H2,1H3;4*(H,6,7)/t15-,16+;;;;/m0..../s1. The molecule has 25 heteroatoms. The fourth-order valence-electron chi connectivity index (χ4n) is 3.96. The Balaban J connectivity index is 0.000000711. The van der Waals surface area contributed by atoms with Crippen LogP contribution in [0.1, 0.15) is 29.2 Å². The highest BCUT2D eigenvalue weighted by Crippen LogP contribution is 2.33. The number of carboxylic acid groups (broad SMARTS) is 4. The van der Waals surface area contributed by atoms with Crippen LogP contribution in [0.5, 0.6) is 0 Å². The van der Waals surface area contributed by atoms with Crippen LogP contribution in [0.4, 0.5) is 52.7 Å². The van der Waals surface area contributed by atoms with E-state index < -0.39 is 48.6 Å². The number of carbonyl (C=O) groups is 4. The van der Waals surface area contributed by atoms with Crippen molar-refractivity contribution in [1.82, 2.24) is 19.8 Å². The van der Waals surface area contributed by atoms with E-state index in [-0.39, 0.29) is 0 Å². The van der Waals surface area contributed by atoms with E-state index in [1.165, 1.54) is 36.6 Å². The second kappa shape index (κ2) is 19.2. The molecule has 0 aromatic carbocycles. The van der Waals surface area contributed by atoms with Gasteiger partial charge in [-0.05, 0) is 31.9 Å². The predicted octanol–water partition coefficient (Wildman–Crippen LogP) is 5.23. The van der Waals surface area contributed by atoms with E-state index in [0.717, 1.165) is 18.8 Å². The van der Waals surface area contributed by atoms with Gasteiger partial charge in [-0.15, -0.1) is 11.3 Å². The molecule has 0 amide bonds. The average Bonchev–Trinajstić information content (AvgIpc) is 3.69. The molecule has 2 aliphatic rings. The van der Waals surface area contributed by atoms with Gasteiger partial charge in [0, 0.05) is 49.0 Å². The van der Waals surface area contributed by atoms with Gasteiger partial charge in [-0.2, -0.15) is 52.7 Å². The maximum Gasteiger partial charge on any atom is 0.490 e. The molecule has 50 heavy (non-hydrogen) atoms. The van der Waals surface area contributed by atoms with Crippen LogP contribution in [0.2, 0.25) is 0 Å². The number of thiazole rings is 1. The number of fused-ring (bicyclic) bond motifs is 1. The molecular weight excluding hydrogens is 744 g/mol. The van der Waals surface area contributed by atoms with Crippen molar-refractivity contribution in [2.24, 2.45) is 0 Å². The monoisotopic (exact) mass is 770 g/mol. The van der Waals surface area contributed by atoms with Gasteiger partial charge in [-0.25, -0.2) is 24.2 Å². The zero-order valence-corrected chi connectivity index (χ0v) is 25.8. The summed E-state index contributed by atoms with van der Waals surface area (Å²) in [5.41, 5.74) is 2.32. The quantitative estimate of drug-likeness (QED) is 0.298. The minimum absolute atomic E-state index is 0.697. The van der Waals surface area contributed by atoms with Crippen molar-refractivity contribution in [3.8, 4) is 0 Å². The SMILES string of the molecule is Cc1cccc(CN2CC[C@@H]3[C@@H]2CCN3Cc2nccs2)n1.O=C(O)C(F)(F)F.O=C(O)C(F)(F)F.O=C(O)C(F)(F)F.O=C(O)C(F)(F)F. The Morgan fingerprint density at radius 2 is 1.06 bits per heavy atom. The lowest BCUT2D eigenvalue weighted by molar-refractivity contribution is -0.193. The lowest BCUT2D eigenvalue weighted by Gasteiger charge is -2.25. The first-order valence-corrected chi connectivity index (χ1v) is 13.9. The Kier molecular flexibility index (Phi) is 17.6. The van der Waals surface area contributed by atoms with Crippen molar-refractivity contribution in [3.05, 3.63) is 46.2 Å². The van der Waals surface area contributed by atoms with E-state index in [2.05, 4.69) is 50.3 Å². The van der Waals surface area contributed by atoms with E-state index in [0.29, 0.717) is 12.1 Å². The molecule has 4 heterocycles. The fourth-order valence-corrected chi connectivity index (χ4v) is 4.60. The Morgan fingerprint density at radius 1 is 0.700 bits per heavy atom. The van der Waals surface area contributed by atoms with Crippen LogP contribution in [0, 0.1) is 6.92 Å². The van der Waals surface area contributed by atoms with Gasteiger partial charge in [0.1, 0.15) is 5.01 Å². The second-order valence-corrected chi connectivity index (χ2v) is 10.5. The van der Waals surface area contributed by atoms with Gasteiger partial charge in [-0.3, -0.25) is 14.8 Å². The fraction of sp³-hybridized carbons (Fsp3) is 0.520. The summed E-state index contributed by atoms with van der Waals surface area (Å²) in [7, 11) is 0. The van der Waals surface area contributed by atoms with Crippen LogP contribution in [0.15, 0.2) is 29.8 Å². The Bertz CT molecular complexity index is 1290. The van der Waals surface area contributed by atoms with Gasteiger partial charge >= 0.3 is 48.6 Å². The van der Waals surface area contributed by atoms with Gasteiger partial charge in [-0.1, -0.05) is 6.07 Å². The lowest BCUT2D eigenvalue weighted by Crippen LogP contribution is -2.36. The zero-order chi connectivity index (χ0) is 39.3. The molecule has 0 spiro atoms. The minimum Gasteiger partial charge on any atom is -0.475 e. The first-order chi connectivity index (χ1) is 22.6. The molecule has 0 aliphatic carbocycles. The molecule has 4 N–H and O–H groups in total. The molecule has 2 aliphatic heterocycles. The van der Waals surface area contributed by atoms with Crippen LogP contribution in [-0.2, 0) is 32.3 Å². The number of hydrogen-bond acceptors (Lipinski definition) is 9. The van der Waals surface area contributed by atoms with Crippen molar-refractivity contribution in [3.63, 3.8) is 0 Å². The summed E-state index contributed by atoms with van der Waals surface area (Å²) in [4.78, 5) is 50.0. The highest BCUT2D eigenvalue weighted by Gasteiger charge is 2.43. The molecule has 2 atom stereocenters. The summed E-state index contributed by atoms with van der Waals surface area (Å²) in [6.45, 7) is 6.48. The largest absolute Gasteiger partial charge is 0.490 e. The Hall–Kier alpha value is -4.26. The Morgan fingerprint density at radius 3 is 1.36 bits per heavy atom. The van der Waals surface area contributed by atoms with Crippen molar-refractivity contribution in [1.29, 1.82) is 0 Å². The third-order valence-corrected chi connectivity index (χ3v) is 6.67. The van der Waals surface area contributed by atoms with Crippen LogP contribution in [0.25, 0.3) is 0 Å². The average molecular weight is 771 g/mol. The highest BCUT2D eigenvalue weighted by molar-refractivity contribution is 7.09. The van der Waals surface area contributed by atoms with E-state index in [1.54, 1.807) is 11.3 Å². The van der Waals surface area contributed by atoms with E-state index in [1.807, 2.05) is 6.20 Å². The van der Waals surface area contributed by atoms with Gasteiger partial charge in [0.2, 0.25) is 0 Å². The normalized spacial score (nSPS) is 17.6. The zero-order valence-electron chi connectivity index (χ0n) is 24.9. The summed E-state index contributed by atoms with van der Waals surface area (Å²) < 4.78 is 127. The molecular formula is C25H26F12N4O8S. The first kappa shape index (κ1) is 45.7. The molecule has 0 radical (unpaired) electrons. The summed E-state index contributed by atoms with van der Waals surface area (Å²) in [5, 5.41) is 31.8.